The first-order chi connectivity index (χ1) is 7.56. The Labute approximate surface area is 93.4 Å². The molecule has 16 heavy (non-hydrogen) atoms. The fraction of sp³-hybridized carbons (Fsp3) is 0.500. The van der Waals surface area contributed by atoms with E-state index in [-0.39, 0.29) is 12.5 Å². The van der Waals surface area contributed by atoms with Crippen molar-refractivity contribution in [3.63, 3.8) is 0 Å². The van der Waals surface area contributed by atoms with Crippen molar-refractivity contribution in [2.75, 3.05) is 13.2 Å². The highest BCUT2D eigenvalue weighted by Crippen LogP contribution is 2.08. The summed E-state index contributed by atoms with van der Waals surface area (Å²) < 4.78 is 4.69. The molecular weight excluding hydrogens is 210 g/mol. The topological polar surface area (TPSA) is 84.1 Å². The minimum absolute atomic E-state index is 0.128. The van der Waals surface area contributed by atoms with E-state index in [4.69, 9.17) is 4.74 Å². The smallest absolute Gasteiger partial charge is 0.325 e. The van der Waals surface area contributed by atoms with Crippen LogP contribution >= 0.6 is 0 Å². The third kappa shape index (κ3) is 2.82. The van der Waals surface area contributed by atoms with Gasteiger partial charge in [0.05, 0.1) is 17.9 Å². The first-order valence-corrected chi connectivity index (χ1v) is 5.01. The monoisotopic (exact) mass is 225 g/mol. The number of aryl methyl sites for hydroxylation is 2. The molecule has 0 atom stereocenters. The van der Waals surface area contributed by atoms with Gasteiger partial charge in [-0.3, -0.25) is 14.7 Å². The molecule has 6 nitrogen and oxygen atoms in total. The lowest BCUT2D eigenvalue weighted by molar-refractivity contribution is -0.141. The van der Waals surface area contributed by atoms with E-state index in [0.717, 1.165) is 0 Å². The Kier molecular flexibility index (Phi) is 4.04. The molecule has 0 unspecified atom stereocenters. The number of carbonyl (C=O) groups is 2. The Morgan fingerprint density at radius 1 is 1.44 bits per heavy atom. The van der Waals surface area contributed by atoms with Crippen molar-refractivity contribution in [1.29, 1.82) is 0 Å². The van der Waals surface area contributed by atoms with E-state index < -0.39 is 5.97 Å². The van der Waals surface area contributed by atoms with Gasteiger partial charge >= 0.3 is 5.97 Å². The largest absolute Gasteiger partial charge is 0.465 e. The van der Waals surface area contributed by atoms with E-state index >= 15 is 0 Å². The molecule has 6 heteroatoms. The zero-order valence-electron chi connectivity index (χ0n) is 9.59. The summed E-state index contributed by atoms with van der Waals surface area (Å²) in [6.45, 7) is 5.36. The predicted molar refractivity (Wildman–Crippen MR) is 57.0 cm³/mol. The van der Waals surface area contributed by atoms with Gasteiger partial charge in [-0.1, -0.05) is 0 Å². The van der Waals surface area contributed by atoms with Crippen molar-refractivity contribution in [3.05, 3.63) is 17.0 Å². The standard InChI is InChI=1S/C10H15N3O3/c1-4-16-8(14)5-11-10(15)9-6(2)12-13-7(9)3/h4-5H2,1-3H3,(H,11,15)(H,12,13). The molecule has 0 saturated carbocycles. The number of hydrogen-bond donors (Lipinski definition) is 2. The summed E-state index contributed by atoms with van der Waals surface area (Å²) in [7, 11) is 0. The van der Waals surface area contributed by atoms with Crippen LogP contribution in [0, 0.1) is 13.8 Å². The van der Waals surface area contributed by atoms with Crippen molar-refractivity contribution in [2.45, 2.75) is 20.8 Å². The average Bonchev–Trinajstić information content (AvgIpc) is 2.56. The van der Waals surface area contributed by atoms with Gasteiger partial charge in [-0.05, 0) is 20.8 Å². The Balaban J connectivity index is 2.57. The summed E-state index contributed by atoms with van der Waals surface area (Å²) in [6, 6.07) is 0. The lowest BCUT2D eigenvalue weighted by Crippen LogP contribution is -2.31. The van der Waals surface area contributed by atoms with Crippen LogP contribution < -0.4 is 5.32 Å². The Morgan fingerprint density at radius 3 is 2.62 bits per heavy atom. The number of amides is 1. The van der Waals surface area contributed by atoms with Crippen LogP contribution in [0.25, 0.3) is 0 Å². The second kappa shape index (κ2) is 5.29. The van der Waals surface area contributed by atoms with Crippen LogP contribution in [0.2, 0.25) is 0 Å². The number of hydrogen-bond acceptors (Lipinski definition) is 4. The summed E-state index contributed by atoms with van der Waals surface area (Å²) in [5.41, 5.74) is 1.77. The second-order valence-corrected chi connectivity index (χ2v) is 3.30. The van der Waals surface area contributed by atoms with Crippen molar-refractivity contribution >= 4 is 11.9 Å². The first-order valence-electron chi connectivity index (χ1n) is 5.01. The maximum absolute atomic E-state index is 11.7. The van der Waals surface area contributed by atoms with E-state index in [2.05, 4.69) is 15.5 Å². The summed E-state index contributed by atoms with van der Waals surface area (Å²) in [4.78, 5) is 22.7. The van der Waals surface area contributed by atoms with Crippen LogP contribution in [0.5, 0.6) is 0 Å². The molecular formula is C10H15N3O3. The minimum atomic E-state index is -0.449. The maximum Gasteiger partial charge on any atom is 0.325 e. The number of ether oxygens (including phenoxy) is 1. The quantitative estimate of drug-likeness (QED) is 0.723. The zero-order valence-corrected chi connectivity index (χ0v) is 9.59. The number of aromatic amines is 1. The van der Waals surface area contributed by atoms with Crippen LogP contribution in [0.15, 0.2) is 0 Å². The Morgan fingerprint density at radius 2 is 2.12 bits per heavy atom. The van der Waals surface area contributed by atoms with Crippen LogP contribution in [0.4, 0.5) is 0 Å². The molecule has 1 aromatic rings. The zero-order chi connectivity index (χ0) is 12.1. The molecule has 1 rings (SSSR count). The lowest BCUT2D eigenvalue weighted by atomic mass is 10.2. The maximum atomic E-state index is 11.7. The van der Waals surface area contributed by atoms with Gasteiger partial charge in [0.2, 0.25) is 0 Å². The first kappa shape index (κ1) is 12.2. The summed E-state index contributed by atoms with van der Waals surface area (Å²) in [6.07, 6.45) is 0. The van der Waals surface area contributed by atoms with Crippen LogP contribution in [0.1, 0.15) is 28.7 Å². The van der Waals surface area contributed by atoms with Gasteiger partial charge in [0.15, 0.2) is 0 Å². The molecule has 0 bridgehead atoms. The van der Waals surface area contributed by atoms with Crippen LogP contribution in [-0.4, -0.2) is 35.2 Å². The van der Waals surface area contributed by atoms with Gasteiger partial charge < -0.3 is 10.1 Å². The van der Waals surface area contributed by atoms with E-state index in [1.54, 1.807) is 20.8 Å². The summed E-state index contributed by atoms with van der Waals surface area (Å²) >= 11 is 0. The minimum Gasteiger partial charge on any atom is -0.465 e. The van der Waals surface area contributed by atoms with Crippen molar-refractivity contribution in [3.8, 4) is 0 Å². The highest BCUT2D eigenvalue weighted by atomic mass is 16.5. The average molecular weight is 225 g/mol. The van der Waals surface area contributed by atoms with Crippen molar-refractivity contribution in [1.82, 2.24) is 15.5 Å². The number of rotatable bonds is 4. The normalized spacial score (nSPS) is 9.94. The van der Waals surface area contributed by atoms with Gasteiger partial charge in [-0.25, -0.2) is 0 Å². The third-order valence-corrected chi connectivity index (χ3v) is 2.05. The molecule has 88 valence electrons. The second-order valence-electron chi connectivity index (χ2n) is 3.30. The number of aromatic nitrogens is 2. The highest BCUT2D eigenvalue weighted by Gasteiger charge is 2.15. The number of nitrogens with zero attached hydrogens (tertiary/aromatic N) is 1. The third-order valence-electron chi connectivity index (χ3n) is 2.05. The molecule has 1 amide bonds. The van der Waals surface area contributed by atoms with Crippen LogP contribution in [0.3, 0.4) is 0 Å². The van der Waals surface area contributed by atoms with Crippen molar-refractivity contribution < 1.29 is 14.3 Å². The fourth-order valence-corrected chi connectivity index (χ4v) is 1.34. The van der Waals surface area contributed by atoms with Crippen LogP contribution in [-0.2, 0) is 9.53 Å². The van der Waals surface area contributed by atoms with Gasteiger partial charge in [-0.15, -0.1) is 0 Å². The Bertz CT molecular complexity index is 379. The fourth-order valence-electron chi connectivity index (χ4n) is 1.34. The molecule has 0 aliphatic heterocycles. The molecule has 0 saturated heterocycles. The summed E-state index contributed by atoms with van der Waals surface area (Å²) in [5, 5.41) is 9.08. The molecule has 0 aliphatic rings. The molecule has 0 fully saturated rings. The number of H-pyrrole nitrogens is 1. The molecule has 0 aliphatic carbocycles. The number of carbonyl (C=O) groups excluding carboxylic acids is 2. The van der Waals surface area contributed by atoms with Gasteiger partial charge in [0, 0.05) is 5.69 Å². The van der Waals surface area contributed by atoms with E-state index in [0.29, 0.717) is 23.6 Å². The Hall–Kier alpha value is -1.85. The molecule has 0 radical (unpaired) electrons. The SMILES string of the molecule is CCOC(=O)CNC(=O)c1c(C)n[nH]c1C. The van der Waals surface area contributed by atoms with Crippen molar-refractivity contribution in [2.24, 2.45) is 0 Å². The van der Waals surface area contributed by atoms with E-state index in [9.17, 15) is 9.59 Å². The number of esters is 1. The highest BCUT2D eigenvalue weighted by molar-refractivity contribution is 5.97. The molecule has 0 aromatic carbocycles. The molecule has 2 N–H and O–H groups in total. The van der Waals surface area contributed by atoms with Gasteiger partial charge in [0.25, 0.3) is 5.91 Å². The predicted octanol–water partition coefficient (Wildman–Crippen LogP) is 0.319. The van der Waals surface area contributed by atoms with Gasteiger partial charge in [0.1, 0.15) is 6.54 Å². The van der Waals surface area contributed by atoms with Gasteiger partial charge in [-0.2, -0.15) is 5.10 Å². The molecule has 1 aromatic heterocycles. The molecule has 0 spiro atoms. The molecule has 1 heterocycles. The number of nitrogens with one attached hydrogen (secondary N) is 2. The van der Waals surface area contributed by atoms with E-state index in [1.807, 2.05) is 0 Å². The summed E-state index contributed by atoms with van der Waals surface area (Å²) in [5.74, 6) is -0.772. The van der Waals surface area contributed by atoms with E-state index in [1.165, 1.54) is 0 Å². The lowest BCUT2D eigenvalue weighted by Gasteiger charge is -2.04.